The van der Waals surface area contributed by atoms with E-state index in [0.29, 0.717) is 12.5 Å². The van der Waals surface area contributed by atoms with Gasteiger partial charge in [-0.3, -0.25) is 4.90 Å². The third kappa shape index (κ3) is 10.1. The Bertz CT molecular complexity index is 1130. The van der Waals surface area contributed by atoms with Crippen molar-refractivity contribution < 1.29 is 55.3 Å². The van der Waals surface area contributed by atoms with Crippen LogP contribution in [-0.2, 0) is 35.7 Å². The van der Waals surface area contributed by atoms with Crippen molar-refractivity contribution >= 4 is 11.9 Å². The van der Waals surface area contributed by atoms with E-state index in [9.17, 15) is 26.3 Å². The van der Waals surface area contributed by atoms with Gasteiger partial charge in [-0.2, -0.15) is 26.3 Å². The Morgan fingerprint density at radius 1 is 0.947 bits per heavy atom. The maximum atomic E-state index is 10.6. The molecule has 0 amide bonds. The Kier molecular flexibility index (Phi) is 10.6. The van der Waals surface area contributed by atoms with E-state index in [2.05, 4.69) is 24.6 Å². The van der Waals surface area contributed by atoms with Gasteiger partial charge < -0.3 is 23.9 Å². The second-order valence-corrected chi connectivity index (χ2v) is 7.35. The molecule has 0 radical (unpaired) electrons. The summed E-state index contributed by atoms with van der Waals surface area (Å²) < 4.78 is 76.8. The molecule has 0 saturated heterocycles. The average Bonchev–Trinajstić information content (AvgIpc) is 3.44. The molecular weight excluding hydrogens is 532 g/mol. The van der Waals surface area contributed by atoms with Crippen LogP contribution in [0.4, 0.5) is 26.3 Å². The third-order valence-corrected chi connectivity index (χ3v) is 4.63. The van der Waals surface area contributed by atoms with Gasteiger partial charge in [0.05, 0.1) is 12.8 Å². The number of rotatable bonds is 5. The topological polar surface area (TPSA) is 144 Å². The molecule has 3 aromatic heterocycles. The Labute approximate surface area is 210 Å². The summed E-state index contributed by atoms with van der Waals surface area (Å²) >= 11 is 0. The Balaban J connectivity index is 0.000000301. The van der Waals surface area contributed by atoms with Gasteiger partial charge in [-0.1, -0.05) is 6.07 Å². The number of halogens is 6. The summed E-state index contributed by atoms with van der Waals surface area (Å²) in [5.41, 5.74) is 0. The zero-order valence-corrected chi connectivity index (χ0v) is 19.3. The van der Waals surface area contributed by atoms with Gasteiger partial charge in [0.25, 0.3) is 0 Å². The highest BCUT2D eigenvalue weighted by atomic mass is 19.4. The van der Waals surface area contributed by atoms with E-state index >= 15 is 0 Å². The van der Waals surface area contributed by atoms with Crippen LogP contribution in [0.1, 0.15) is 17.4 Å². The van der Waals surface area contributed by atoms with Crippen molar-refractivity contribution in [2.45, 2.75) is 38.5 Å². The normalized spacial score (nSPS) is 13.6. The summed E-state index contributed by atoms with van der Waals surface area (Å²) in [6.45, 7) is 3.93. The quantitative estimate of drug-likeness (QED) is 0.452. The van der Waals surface area contributed by atoms with Gasteiger partial charge in [-0.05, 0) is 18.2 Å². The Morgan fingerprint density at radius 3 is 2.13 bits per heavy atom. The first-order valence-corrected chi connectivity index (χ1v) is 10.6. The molecule has 0 fully saturated rings. The van der Waals surface area contributed by atoms with Gasteiger partial charge in [0.2, 0.25) is 5.88 Å². The molecule has 0 unspecified atom stereocenters. The number of nitrogens with zero attached hydrogens (tertiary/aromatic N) is 5. The number of ether oxygens (including phenoxy) is 1. The predicted molar refractivity (Wildman–Crippen MR) is 114 cm³/mol. The van der Waals surface area contributed by atoms with Crippen LogP contribution < -0.4 is 4.74 Å². The van der Waals surface area contributed by atoms with Crippen molar-refractivity contribution in [1.82, 2.24) is 24.6 Å². The van der Waals surface area contributed by atoms with Crippen molar-refractivity contribution in [3.63, 3.8) is 0 Å². The fraction of sp³-hybridized carbons (Fsp3) is 0.381. The standard InChI is InChI=1S/C17H19N5O2.2C2HF3O2/c1-2-7-18-17(5-1)24-13-16-20-19-15-6-8-21(9-10-22(15)16)12-14-4-3-11-23-14;2*3-2(4,5)1(6)7/h1-5,7,11H,6,8-10,12-13H2;2*(H,6,7). The minimum Gasteiger partial charge on any atom is -0.475 e. The van der Waals surface area contributed by atoms with Gasteiger partial charge in [-0.25, -0.2) is 14.6 Å². The van der Waals surface area contributed by atoms with E-state index in [0.717, 1.165) is 50.0 Å². The highest BCUT2D eigenvalue weighted by molar-refractivity contribution is 5.73. The third-order valence-electron chi connectivity index (χ3n) is 4.63. The van der Waals surface area contributed by atoms with E-state index in [1.54, 1.807) is 12.5 Å². The molecule has 0 aliphatic carbocycles. The summed E-state index contributed by atoms with van der Waals surface area (Å²) in [6.07, 6.45) is -5.86. The fourth-order valence-corrected chi connectivity index (χ4v) is 2.89. The van der Waals surface area contributed by atoms with Crippen LogP contribution in [0.5, 0.6) is 5.88 Å². The lowest BCUT2D eigenvalue weighted by Gasteiger charge is -2.17. The Hall–Kier alpha value is -4.15. The van der Waals surface area contributed by atoms with Crippen molar-refractivity contribution in [3.8, 4) is 5.88 Å². The van der Waals surface area contributed by atoms with Crippen LogP contribution in [0.15, 0.2) is 47.2 Å². The van der Waals surface area contributed by atoms with Crippen LogP contribution in [0.3, 0.4) is 0 Å². The molecule has 1 aliphatic rings. The highest BCUT2D eigenvalue weighted by Gasteiger charge is 2.38. The second kappa shape index (κ2) is 13.4. The van der Waals surface area contributed by atoms with Crippen molar-refractivity contribution in [3.05, 3.63) is 60.2 Å². The minimum atomic E-state index is -5.08. The molecule has 17 heteroatoms. The van der Waals surface area contributed by atoms with Gasteiger partial charge >= 0.3 is 24.3 Å². The number of carboxylic acid groups (broad SMARTS) is 2. The first-order valence-electron chi connectivity index (χ1n) is 10.6. The molecule has 208 valence electrons. The number of carboxylic acids is 2. The van der Waals surface area contributed by atoms with Crippen molar-refractivity contribution in [1.29, 1.82) is 0 Å². The summed E-state index contributed by atoms with van der Waals surface area (Å²) in [4.78, 5) is 24.3. The number of pyridine rings is 1. The molecule has 0 atom stereocenters. The molecule has 38 heavy (non-hydrogen) atoms. The zero-order chi connectivity index (χ0) is 28.3. The van der Waals surface area contributed by atoms with E-state index in [4.69, 9.17) is 29.0 Å². The van der Waals surface area contributed by atoms with Gasteiger partial charge in [-0.15, -0.1) is 10.2 Å². The number of aliphatic carboxylic acids is 2. The molecule has 1 aliphatic heterocycles. The Morgan fingerprint density at radius 2 is 1.61 bits per heavy atom. The van der Waals surface area contributed by atoms with E-state index < -0.39 is 24.3 Å². The molecule has 0 spiro atoms. The number of hydrogen-bond acceptors (Lipinski definition) is 8. The van der Waals surface area contributed by atoms with E-state index in [1.807, 2.05) is 30.3 Å². The van der Waals surface area contributed by atoms with Crippen LogP contribution in [-0.4, -0.2) is 72.2 Å². The van der Waals surface area contributed by atoms with Gasteiger partial charge in [0, 0.05) is 38.3 Å². The van der Waals surface area contributed by atoms with Gasteiger partial charge in [0.15, 0.2) is 5.82 Å². The van der Waals surface area contributed by atoms with Crippen molar-refractivity contribution in [2.75, 3.05) is 13.1 Å². The predicted octanol–water partition coefficient (Wildman–Crippen LogP) is 3.17. The van der Waals surface area contributed by atoms with E-state index in [-0.39, 0.29) is 0 Å². The molecule has 4 rings (SSSR count). The maximum Gasteiger partial charge on any atom is 0.490 e. The molecule has 0 saturated carbocycles. The van der Waals surface area contributed by atoms with Crippen LogP contribution in [0.25, 0.3) is 0 Å². The van der Waals surface area contributed by atoms with Gasteiger partial charge in [0.1, 0.15) is 18.2 Å². The van der Waals surface area contributed by atoms with E-state index in [1.165, 1.54) is 0 Å². The lowest BCUT2D eigenvalue weighted by Crippen LogP contribution is -2.26. The number of alkyl halides is 6. The lowest BCUT2D eigenvalue weighted by molar-refractivity contribution is -0.193. The summed E-state index contributed by atoms with van der Waals surface area (Å²) in [6, 6.07) is 9.54. The number of fused-ring (bicyclic) bond motifs is 1. The first kappa shape index (κ1) is 30.1. The monoisotopic (exact) mass is 553 g/mol. The van der Waals surface area contributed by atoms with Crippen LogP contribution in [0, 0.1) is 0 Å². The van der Waals surface area contributed by atoms with Crippen molar-refractivity contribution in [2.24, 2.45) is 0 Å². The molecule has 3 aromatic rings. The molecular formula is C21H21F6N5O6. The summed E-state index contributed by atoms with van der Waals surface area (Å²) in [5, 5.41) is 22.9. The second-order valence-electron chi connectivity index (χ2n) is 7.35. The zero-order valence-electron chi connectivity index (χ0n) is 19.3. The molecule has 0 bridgehead atoms. The first-order chi connectivity index (χ1) is 17.8. The number of hydrogen-bond donors (Lipinski definition) is 2. The molecule has 0 aromatic carbocycles. The number of carbonyl (C=O) groups is 2. The summed E-state index contributed by atoms with van der Waals surface area (Å²) in [5.74, 6) is -2.07. The highest BCUT2D eigenvalue weighted by Crippen LogP contribution is 2.15. The fourth-order valence-electron chi connectivity index (χ4n) is 2.89. The van der Waals surface area contributed by atoms with Crippen LogP contribution in [0.2, 0.25) is 0 Å². The molecule has 11 nitrogen and oxygen atoms in total. The lowest BCUT2D eigenvalue weighted by atomic mass is 10.3. The maximum absolute atomic E-state index is 10.6. The summed E-state index contributed by atoms with van der Waals surface area (Å²) in [7, 11) is 0. The SMILES string of the molecule is O=C(O)C(F)(F)F.O=C(O)C(F)(F)F.c1ccc(OCc2nnc3n2CCN(Cc2ccco2)CC3)nc1. The average molecular weight is 553 g/mol. The minimum absolute atomic E-state index is 0.377. The number of furan rings is 1. The molecule has 2 N–H and O–H groups in total. The number of aromatic nitrogens is 4. The smallest absolute Gasteiger partial charge is 0.475 e. The molecule has 4 heterocycles. The largest absolute Gasteiger partial charge is 0.490 e. The van der Waals surface area contributed by atoms with Crippen LogP contribution >= 0.6 is 0 Å².